The van der Waals surface area contributed by atoms with E-state index in [2.05, 4.69) is 11.8 Å². The molecular weight excluding hydrogens is 212 g/mol. The predicted octanol–water partition coefficient (Wildman–Crippen LogP) is 2.51. The van der Waals surface area contributed by atoms with Crippen LogP contribution in [0.4, 0.5) is 0 Å². The van der Waals surface area contributed by atoms with Gasteiger partial charge in [-0.25, -0.2) is 0 Å². The van der Waals surface area contributed by atoms with Crippen LogP contribution in [0, 0.1) is 11.8 Å². The van der Waals surface area contributed by atoms with Crippen molar-refractivity contribution >= 4 is 17.4 Å². The molecule has 0 fully saturated rings. The lowest BCUT2D eigenvalue weighted by Gasteiger charge is -2.05. The zero-order valence-electron chi connectivity index (χ0n) is 8.42. The average molecular weight is 223 g/mol. The molecule has 0 radical (unpaired) electrons. The Labute approximate surface area is 94.2 Å². The second kappa shape index (κ2) is 6.10. The molecule has 2 nitrogen and oxygen atoms in total. The van der Waals surface area contributed by atoms with Crippen LogP contribution in [0.1, 0.15) is 17.3 Å². The molecule has 0 bridgehead atoms. The van der Waals surface area contributed by atoms with Crippen molar-refractivity contribution in [3.8, 4) is 17.6 Å². The number of rotatable bonds is 3. The number of halogens is 1. The highest BCUT2D eigenvalue weighted by atomic mass is 35.5. The van der Waals surface area contributed by atoms with E-state index >= 15 is 0 Å². The fourth-order valence-electron chi connectivity index (χ4n) is 1.10. The highest BCUT2D eigenvalue weighted by Gasteiger charge is 2.05. The van der Waals surface area contributed by atoms with Crippen LogP contribution in [-0.2, 0) is 0 Å². The lowest BCUT2D eigenvalue weighted by molar-refractivity contribution is 0.101. The number of hydrogen-bond acceptors (Lipinski definition) is 2. The highest BCUT2D eigenvalue weighted by Crippen LogP contribution is 2.17. The monoisotopic (exact) mass is 222 g/mol. The Hall–Kier alpha value is -1.46. The maximum absolute atomic E-state index is 11.2. The van der Waals surface area contributed by atoms with E-state index in [4.69, 9.17) is 16.3 Å². The van der Waals surface area contributed by atoms with Crippen molar-refractivity contribution in [3.05, 3.63) is 29.8 Å². The summed E-state index contributed by atoms with van der Waals surface area (Å²) in [5.41, 5.74) is 0.574. The van der Waals surface area contributed by atoms with Crippen LogP contribution in [0.15, 0.2) is 24.3 Å². The van der Waals surface area contributed by atoms with Crippen molar-refractivity contribution in [2.24, 2.45) is 0 Å². The van der Waals surface area contributed by atoms with Gasteiger partial charge in [0, 0.05) is 0 Å². The number of hydrogen-bond donors (Lipinski definition) is 0. The minimum Gasteiger partial charge on any atom is -0.480 e. The number of carbonyl (C=O) groups is 1. The minimum absolute atomic E-state index is 0.0177. The summed E-state index contributed by atoms with van der Waals surface area (Å²) < 4.78 is 5.35. The molecule has 1 rings (SSSR count). The Balaban J connectivity index is 2.72. The van der Waals surface area contributed by atoms with Gasteiger partial charge in [-0.15, -0.1) is 11.6 Å². The number of alkyl halides is 1. The topological polar surface area (TPSA) is 26.3 Å². The SMILES string of the molecule is CC(=O)c1ccccc1OCC#CCCl. The molecular formula is C12H11ClO2. The summed E-state index contributed by atoms with van der Waals surface area (Å²) in [7, 11) is 0. The Kier molecular flexibility index (Phi) is 4.73. The zero-order chi connectivity index (χ0) is 11.1. The lowest BCUT2D eigenvalue weighted by Crippen LogP contribution is -2.01. The van der Waals surface area contributed by atoms with Gasteiger partial charge in [0.15, 0.2) is 5.78 Å². The summed E-state index contributed by atoms with van der Waals surface area (Å²) in [5, 5.41) is 0. The van der Waals surface area contributed by atoms with Crippen molar-refractivity contribution in [1.82, 2.24) is 0 Å². The van der Waals surface area contributed by atoms with Gasteiger partial charge in [-0.3, -0.25) is 4.79 Å². The van der Waals surface area contributed by atoms with Crippen molar-refractivity contribution in [2.45, 2.75) is 6.92 Å². The van der Waals surface area contributed by atoms with E-state index in [0.717, 1.165) is 0 Å². The molecule has 0 aliphatic heterocycles. The van der Waals surface area contributed by atoms with E-state index in [1.807, 2.05) is 6.07 Å². The highest BCUT2D eigenvalue weighted by molar-refractivity contribution is 6.19. The average Bonchev–Trinajstić information content (AvgIpc) is 2.25. The minimum atomic E-state index is -0.0177. The van der Waals surface area contributed by atoms with Crippen molar-refractivity contribution in [1.29, 1.82) is 0 Å². The first-order chi connectivity index (χ1) is 7.25. The van der Waals surface area contributed by atoms with E-state index in [1.54, 1.807) is 18.2 Å². The Morgan fingerprint density at radius 1 is 1.40 bits per heavy atom. The third-order valence-corrected chi connectivity index (χ3v) is 1.89. The van der Waals surface area contributed by atoms with Crippen LogP contribution >= 0.6 is 11.6 Å². The quantitative estimate of drug-likeness (QED) is 0.446. The normalized spacial score (nSPS) is 8.93. The Bertz CT molecular complexity index is 402. The van der Waals surface area contributed by atoms with E-state index in [9.17, 15) is 4.79 Å². The molecule has 0 N–H and O–H groups in total. The number of Topliss-reactive ketones (excluding diaryl/α,β-unsaturated/α-hetero) is 1. The second-order valence-electron chi connectivity index (χ2n) is 2.83. The van der Waals surface area contributed by atoms with Crippen molar-refractivity contribution in [2.75, 3.05) is 12.5 Å². The molecule has 0 spiro atoms. The summed E-state index contributed by atoms with van der Waals surface area (Å²) in [5.74, 6) is 6.24. The number of ether oxygens (including phenoxy) is 1. The van der Waals surface area contributed by atoms with Crippen molar-refractivity contribution in [3.63, 3.8) is 0 Å². The van der Waals surface area contributed by atoms with Crippen LogP contribution < -0.4 is 4.74 Å². The molecule has 0 heterocycles. The predicted molar refractivity (Wildman–Crippen MR) is 60.4 cm³/mol. The fourth-order valence-corrected chi connectivity index (χ4v) is 1.19. The molecule has 1 aromatic rings. The smallest absolute Gasteiger partial charge is 0.163 e. The van der Waals surface area contributed by atoms with Crippen LogP contribution in [-0.4, -0.2) is 18.3 Å². The maximum atomic E-state index is 11.2. The molecule has 0 aliphatic rings. The van der Waals surface area contributed by atoms with Crippen LogP contribution in [0.3, 0.4) is 0 Å². The number of para-hydroxylation sites is 1. The summed E-state index contributed by atoms with van der Waals surface area (Å²) in [6.45, 7) is 1.75. The van der Waals surface area contributed by atoms with Gasteiger partial charge in [-0.1, -0.05) is 24.0 Å². The van der Waals surface area contributed by atoms with Gasteiger partial charge in [0.05, 0.1) is 11.4 Å². The number of benzene rings is 1. The molecule has 0 saturated heterocycles. The molecule has 0 aromatic heterocycles. The third kappa shape index (κ3) is 3.65. The van der Waals surface area contributed by atoms with E-state index in [1.165, 1.54) is 6.92 Å². The lowest BCUT2D eigenvalue weighted by atomic mass is 10.1. The first-order valence-electron chi connectivity index (χ1n) is 4.50. The Morgan fingerprint density at radius 3 is 2.80 bits per heavy atom. The van der Waals surface area contributed by atoms with Gasteiger partial charge in [0.1, 0.15) is 12.4 Å². The van der Waals surface area contributed by atoms with E-state index in [-0.39, 0.29) is 18.3 Å². The molecule has 1 aromatic carbocycles. The van der Waals surface area contributed by atoms with E-state index < -0.39 is 0 Å². The number of ketones is 1. The van der Waals surface area contributed by atoms with Gasteiger partial charge in [-0.05, 0) is 19.1 Å². The Morgan fingerprint density at radius 2 is 2.13 bits per heavy atom. The zero-order valence-corrected chi connectivity index (χ0v) is 9.17. The summed E-state index contributed by atoms with van der Waals surface area (Å²) >= 11 is 5.38. The van der Waals surface area contributed by atoms with Gasteiger partial charge in [-0.2, -0.15) is 0 Å². The molecule has 78 valence electrons. The van der Waals surface area contributed by atoms with Gasteiger partial charge >= 0.3 is 0 Å². The molecule has 0 atom stereocenters. The third-order valence-electron chi connectivity index (χ3n) is 1.76. The first kappa shape index (κ1) is 11.6. The summed E-state index contributed by atoms with van der Waals surface area (Å²) in [4.78, 5) is 11.2. The molecule has 0 unspecified atom stereocenters. The molecule has 15 heavy (non-hydrogen) atoms. The van der Waals surface area contributed by atoms with Crippen LogP contribution in [0.5, 0.6) is 5.75 Å². The molecule has 3 heteroatoms. The van der Waals surface area contributed by atoms with Crippen LogP contribution in [0.25, 0.3) is 0 Å². The first-order valence-corrected chi connectivity index (χ1v) is 5.03. The van der Waals surface area contributed by atoms with Crippen molar-refractivity contribution < 1.29 is 9.53 Å². The molecule has 0 amide bonds. The van der Waals surface area contributed by atoms with Gasteiger partial charge in [0.25, 0.3) is 0 Å². The molecule has 0 aliphatic carbocycles. The van der Waals surface area contributed by atoms with Gasteiger partial charge in [0.2, 0.25) is 0 Å². The standard InChI is InChI=1S/C12H11ClO2/c1-10(14)11-6-2-3-7-12(11)15-9-5-4-8-13/h2-3,6-7H,8-9H2,1H3. The molecule has 0 saturated carbocycles. The summed E-state index contributed by atoms with van der Waals surface area (Å²) in [6.07, 6.45) is 0. The second-order valence-corrected chi connectivity index (χ2v) is 3.10. The maximum Gasteiger partial charge on any atom is 0.163 e. The van der Waals surface area contributed by atoms with Gasteiger partial charge < -0.3 is 4.74 Å². The largest absolute Gasteiger partial charge is 0.480 e. The summed E-state index contributed by atoms with van der Waals surface area (Å²) in [6, 6.07) is 7.09. The fraction of sp³-hybridized carbons (Fsp3) is 0.250. The number of carbonyl (C=O) groups excluding carboxylic acids is 1. The van der Waals surface area contributed by atoms with Crippen LogP contribution in [0.2, 0.25) is 0 Å². The van der Waals surface area contributed by atoms with E-state index in [0.29, 0.717) is 11.3 Å².